The van der Waals surface area contributed by atoms with E-state index in [1.165, 1.54) is 19.0 Å². The number of rotatable bonds is 6. The Kier molecular flexibility index (Phi) is 7.50. The average molecular weight is 541 g/mol. The number of benzene rings is 1. The maximum Gasteiger partial charge on any atom is 0.258 e. The second-order valence-corrected chi connectivity index (χ2v) is 10.3. The van der Waals surface area contributed by atoms with Gasteiger partial charge in [0.1, 0.15) is 16.0 Å². The van der Waals surface area contributed by atoms with Gasteiger partial charge in [-0.25, -0.2) is 9.98 Å². The maximum atomic E-state index is 13.6. The molecule has 186 valence electrons. The number of pyridine rings is 1. The first kappa shape index (κ1) is 25.2. The number of aromatic hydroxyl groups is 1. The number of phenols is 1. The molecule has 2 aromatic rings. The van der Waals surface area contributed by atoms with Gasteiger partial charge in [0.25, 0.3) is 5.91 Å². The summed E-state index contributed by atoms with van der Waals surface area (Å²) in [5.74, 6) is 0.700. The van der Waals surface area contributed by atoms with Gasteiger partial charge in [0.15, 0.2) is 0 Å². The fraction of sp³-hybridized carbons (Fsp3) is 0.444. The van der Waals surface area contributed by atoms with Gasteiger partial charge in [-0.05, 0) is 77.2 Å². The molecule has 35 heavy (non-hydrogen) atoms. The summed E-state index contributed by atoms with van der Waals surface area (Å²) >= 11 is 3.30. The van der Waals surface area contributed by atoms with Gasteiger partial charge in [-0.1, -0.05) is 26.8 Å². The molecule has 8 heteroatoms. The third kappa shape index (κ3) is 5.22. The second kappa shape index (κ2) is 10.4. The zero-order chi connectivity index (χ0) is 25.3. The van der Waals surface area contributed by atoms with Crippen LogP contribution in [0.25, 0.3) is 0 Å². The molecule has 2 unspecified atom stereocenters. The lowest BCUT2D eigenvalue weighted by molar-refractivity contribution is 0.0700. The number of hydrogen-bond acceptors (Lipinski definition) is 6. The smallest absolute Gasteiger partial charge is 0.258 e. The molecule has 1 aromatic heterocycles. The van der Waals surface area contributed by atoms with Crippen LogP contribution < -0.4 is 11.5 Å². The topological polar surface area (TPSA) is 118 Å². The van der Waals surface area contributed by atoms with Crippen LogP contribution in [0.15, 0.2) is 51.3 Å². The highest BCUT2D eigenvalue weighted by atomic mass is 79.9. The number of carbonyl (C=O) groups is 1. The number of halogens is 1. The van der Waals surface area contributed by atoms with Gasteiger partial charge in [-0.2, -0.15) is 0 Å². The molecule has 1 saturated carbocycles. The quantitative estimate of drug-likeness (QED) is 0.409. The van der Waals surface area contributed by atoms with E-state index >= 15 is 0 Å². The Morgan fingerprint density at radius 3 is 2.66 bits per heavy atom. The lowest BCUT2D eigenvalue weighted by Gasteiger charge is -2.39. The molecule has 1 aromatic carbocycles. The van der Waals surface area contributed by atoms with Crippen molar-refractivity contribution in [3.8, 4) is 5.75 Å². The number of aliphatic imine (C=N–C) groups is 1. The molecule has 0 spiro atoms. The van der Waals surface area contributed by atoms with Crippen LogP contribution >= 0.6 is 15.9 Å². The largest absolute Gasteiger partial charge is 0.506 e. The standard InChI is InChI=1S/C27H34BrN5O2/c1-4-15(3)26(30)25-21(32-20-9-8-17(12-23(20)34)16-6-7-16)10-11-33(22(25)5-2)27(35)18-14-31-24(28)13-19(18)29/h8-9,12-16,22,34H,4-7,10-11,30H2,1-3H3,(H2,29,31)/b26-25+,32-21?. The van der Waals surface area contributed by atoms with Crippen LogP contribution in [0.3, 0.4) is 0 Å². The normalized spacial score (nSPS) is 21.8. The van der Waals surface area contributed by atoms with E-state index in [4.69, 9.17) is 16.5 Å². The van der Waals surface area contributed by atoms with Gasteiger partial charge in [-0.15, -0.1) is 0 Å². The van der Waals surface area contributed by atoms with Crippen molar-refractivity contribution in [2.24, 2.45) is 16.6 Å². The number of allylic oxidation sites excluding steroid dienone is 1. The van der Waals surface area contributed by atoms with Gasteiger partial charge in [0.2, 0.25) is 0 Å². The summed E-state index contributed by atoms with van der Waals surface area (Å²) in [5, 5.41) is 10.7. The minimum Gasteiger partial charge on any atom is -0.506 e. The van der Waals surface area contributed by atoms with E-state index in [1.807, 2.05) is 24.0 Å². The molecule has 1 aliphatic carbocycles. The Bertz CT molecular complexity index is 1190. The van der Waals surface area contributed by atoms with Crippen LogP contribution in [0.2, 0.25) is 0 Å². The van der Waals surface area contributed by atoms with Crippen LogP contribution in [0, 0.1) is 5.92 Å². The number of nitrogens with two attached hydrogens (primary N) is 2. The predicted molar refractivity (Wildman–Crippen MR) is 144 cm³/mol. The number of likely N-dealkylation sites (tertiary alicyclic amines) is 1. The third-order valence-corrected chi connectivity index (χ3v) is 7.58. The van der Waals surface area contributed by atoms with E-state index in [9.17, 15) is 9.90 Å². The molecular weight excluding hydrogens is 506 g/mol. The van der Waals surface area contributed by atoms with Crippen LogP contribution in [-0.4, -0.2) is 39.2 Å². The van der Waals surface area contributed by atoms with Crippen LogP contribution in [0.5, 0.6) is 5.75 Å². The molecule has 7 nitrogen and oxygen atoms in total. The van der Waals surface area contributed by atoms with E-state index in [2.05, 4.69) is 40.8 Å². The Morgan fingerprint density at radius 1 is 1.31 bits per heavy atom. The molecule has 1 amide bonds. The second-order valence-electron chi connectivity index (χ2n) is 9.53. The van der Waals surface area contributed by atoms with Gasteiger partial charge >= 0.3 is 0 Å². The molecule has 1 aliphatic heterocycles. The number of amides is 1. The summed E-state index contributed by atoms with van der Waals surface area (Å²) in [4.78, 5) is 24.5. The van der Waals surface area contributed by atoms with Crippen LogP contribution in [0.4, 0.5) is 11.4 Å². The summed E-state index contributed by atoms with van der Waals surface area (Å²) in [7, 11) is 0. The lowest BCUT2D eigenvalue weighted by atomic mass is 9.85. The fourth-order valence-corrected chi connectivity index (χ4v) is 5.07. The number of phenolic OH excluding ortho intramolecular Hbond substituents is 1. The Balaban J connectivity index is 1.75. The summed E-state index contributed by atoms with van der Waals surface area (Å²) in [5.41, 5.74) is 17.8. The summed E-state index contributed by atoms with van der Waals surface area (Å²) in [6.07, 6.45) is 5.94. The Morgan fingerprint density at radius 2 is 2.06 bits per heavy atom. The van der Waals surface area contributed by atoms with E-state index in [1.54, 1.807) is 6.07 Å². The molecule has 4 rings (SSSR count). The minimum absolute atomic E-state index is 0.129. The first-order valence-electron chi connectivity index (χ1n) is 12.4. The minimum atomic E-state index is -0.250. The summed E-state index contributed by atoms with van der Waals surface area (Å²) in [6.45, 7) is 6.71. The van der Waals surface area contributed by atoms with Crippen molar-refractivity contribution < 1.29 is 9.90 Å². The predicted octanol–water partition coefficient (Wildman–Crippen LogP) is 5.67. The lowest BCUT2D eigenvalue weighted by Crippen LogP contribution is -2.49. The first-order chi connectivity index (χ1) is 16.7. The number of carbonyl (C=O) groups excluding carboxylic acids is 1. The number of nitrogens with zero attached hydrogens (tertiary/aromatic N) is 3. The average Bonchev–Trinajstić information content (AvgIpc) is 3.69. The fourth-order valence-electron chi connectivity index (χ4n) is 4.72. The number of nitrogen functional groups attached to an aromatic ring is 1. The zero-order valence-electron chi connectivity index (χ0n) is 20.6. The van der Waals surface area contributed by atoms with E-state index < -0.39 is 0 Å². The molecule has 2 heterocycles. The van der Waals surface area contributed by atoms with Gasteiger partial charge in [0, 0.05) is 41.8 Å². The van der Waals surface area contributed by atoms with Crippen LogP contribution in [0.1, 0.15) is 74.7 Å². The Labute approximate surface area is 215 Å². The van der Waals surface area contributed by atoms with Crippen molar-refractivity contribution in [3.05, 3.63) is 57.5 Å². The molecule has 5 N–H and O–H groups in total. The van der Waals surface area contributed by atoms with Gasteiger partial charge in [-0.3, -0.25) is 4.79 Å². The molecule has 2 aliphatic rings. The third-order valence-electron chi connectivity index (χ3n) is 7.15. The monoisotopic (exact) mass is 539 g/mol. The first-order valence-corrected chi connectivity index (χ1v) is 13.2. The van der Waals surface area contributed by atoms with Crippen LogP contribution in [-0.2, 0) is 0 Å². The zero-order valence-corrected chi connectivity index (χ0v) is 22.2. The summed E-state index contributed by atoms with van der Waals surface area (Å²) < 4.78 is 0.584. The highest BCUT2D eigenvalue weighted by Gasteiger charge is 2.36. The highest BCUT2D eigenvalue weighted by Crippen LogP contribution is 2.43. The van der Waals surface area contributed by atoms with E-state index in [-0.39, 0.29) is 23.6 Å². The van der Waals surface area contributed by atoms with Crippen molar-refractivity contribution >= 4 is 38.9 Å². The number of anilines is 1. The van der Waals surface area contributed by atoms with Gasteiger partial charge < -0.3 is 21.5 Å². The van der Waals surface area contributed by atoms with Crippen molar-refractivity contribution in [2.45, 2.75) is 64.8 Å². The molecule has 2 fully saturated rings. The maximum absolute atomic E-state index is 13.6. The van der Waals surface area contributed by atoms with E-state index in [0.29, 0.717) is 46.8 Å². The molecule has 0 radical (unpaired) electrons. The number of hydrogen-bond donors (Lipinski definition) is 3. The van der Waals surface area contributed by atoms with E-state index in [0.717, 1.165) is 29.0 Å². The van der Waals surface area contributed by atoms with Gasteiger partial charge in [0.05, 0.1) is 11.6 Å². The van der Waals surface area contributed by atoms with Crippen molar-refractivity contribution in [2.75, 3.05) is 12.3 Å². The van der Waals surface area contributed by atoms with Crippen molar-refractivity contribution in [1.82, 2.24) is 9.88 Å². The van der Waals surface area contributed by atoms with Crippen molar-refractivity contribution in [3.63, 3.8) is 0 Å². The molecule has 1 saturated heterocycles. The molecular formula is C27H34BrN5O2. The van der Waals surface area contributed by atoms with Crippen molar-refractivity contribution in [1.29, 1.82) is 0 Å². The number of piperidine rings is 1. The SMILES string of the molecule is CCC(C)/C(N)=C1/C(=Nc2ccc(C3CC3)cc2O)CCN(C(=O)c2cnc(Br)cc2N)C1CC. The Hall–Kier alpha value is -2.87. The summed E-state index contributed by atoms with van der Waals surface area (Å²) in [6, 6.07) is 7.16. The molecule has 2 atom stereocenters. The number of aromatic nitrogens is 1. The highest BCUT2D eigenvalue weighted by molar-refractivity contribution is 9.10. The molecule has 0 bridgehead atoms.